The average Bonchev–Trinajstić information content (AvgIpc) is 2.64. The lowest BCUT2D eigenvalue weighted by Gasteiger charge is -2.11. The normalized spacial score (nSPS) is 27.4. The molecule has 0 aromatic rings. The van der Waals surface area contributed by atoms with Crippen molar-refractivity contribution in [1.29, 1.82) is 0 Å². The van der Waals surface area contributed by atoms with Gasteiger partial charge in [0, 0.05) is 0 Å². The zero-order valence-electron chi connectivity index (χ0n) is 15.6. The van der Waals surface area contributed by atoms with Crippen LogP contribution >= 0.6 is 0 Å². The smallest absolute Gasteiger partial charge is 0.00884 e. The molecule has 0 unspecified atom stereocenters. The second kappa shape index (κ2) is 10.2. The van der Waals surface area contributed by atoms with E-state index in [0.717, 1.165) is 6.42 Å². The standard InChI is InChI=1S/C25H32/c1-2-4-6-8-14-24-16-10-12-22-18-20-23(21-19-22)13-11-17-25(24)15-9-7-5-3-1/h10-14,16-18,20-21H,1-9,15,19H2/b13-11-,16-10+,22-12-,24-14?,25-17?. The summed E-state index contributed by atoms with van der Waals surface area (Å²) in [4.78, 5) is 0. The van der Waals surface area contributed by atoms with E-state index in [9.17, 15) is 0 Å². The van der Waals surface area contributed by atoms with Gasteiger partial charge in [-0.3, -0.25) is 0 Å². The van der Waals surface area contributed by atoms with E-state index in [0.29, 0.717) is 0 Å². The Morgan fingerprint density at radius 2 is 1.36 bits per heavy atom. The molecule has 0 aliphatic heterocycles. The van der Waals surface area contributed by atoms with Gasteiger partial charge in [0.2, 0.25) is 0 Å². The minimum absolute atomic E-state index is 1.04. The summed E-state index contributed by atoms with van der Waals surface area (Å²) in [6.45, 7) is 0. The molecule has 0 atom stereocenters. The second-order valence-corrected chi connectivity index (χ2v) is 7.42. The van der Waals surface area contributed by atoms with Gasteiger partial charge in [0.1, 0.15) is 0 Å². The van der Waals surface area contributed by atoms with Crippen LogP contribution in [0.4, 0.5) is 0 Å². The van der Waals surface area contributed by atoms with Gasteiger partial charge in [0.15, 0.2) is 0 Å². The molecule has 0 nitrogen and oxygen atoms in total. The number of hydrogen-bond donors (Lipinski definition) is 0. The zero-order valence-corrected chi connectivity index (χ0v) is 15.6. The van der Waals surface area contributed by atoms with Crippen LogP contribution in [0.15, 0.2) is 83.1 Å². The van der Waals surface area contributed by atoms with Crippen molar-refractivity contribution < 1.29 is 0 Å². The summed E-state index contributed by atoms with van der Waals surface area (Å²) in [5, 5.41) is 0. The Morgan fingerprint density at radius 1 is 0.600 bits per heavy atom. The van der Waals surface area contributed by atoms with Gasteiger partial charge in [0.25, 0.3) is 0 Å². The molecule has 132 valence electrons. The summed E-state index contributed by atoms with van der Waals surface area (Å²) in [6, 6.07) is 0. The topological polar surface area (TPSA) is 0 Å². The molecule has 4 aliphatic carbocycles. The molecule has 25 heavy (non-hydrogen) atoms. The largest absolute Gasteiger partial charge is 0.0770 e. The Balaban J connectivity index is 1.85. The van der Waals surface area contributed by atoms with E-state index in [-0.39, 0.29) is 0 Å². The van der Waals surface area contributed by atoms with Gasteiger partial charge >= 0.3 is 0 Å². The van der Waals surface area contributed by atoms with E-state index in [1.54, 1.807) is 0 Å². The van der Waals surface area contributed by atoms with Gasteiger partial charge in [-0.05, 0) is 54.4 Å². The molecule has 0 saturated carbocycles. The Morgan fingerprint density at radius 3 is 2.16 bits per heavy atom. The molecular weight excluding hydrogens is 300 g/mol. The number of rotatable bonds is 0. The lowest BCUT2D eigenvalue weighted by Crippen LogP contribution is -1.91. The van der Waals surface area contributed by atoms with Crippen molar-refractivity contribution in [3.05, 3.63) is 83.1 Å². The number of hydrogen-bond acceptors (Lipinski definition) is 0. The average molecular weight is 333 g/mol. The molecule has 0 amide bonds. The molecule has 4 rings (SSSR count). The predicted octanol–water partition coefficient (Wildman–Crippen LogP) is 7.69. The highest BCUT2D eigenvalue weighted by Crippen LogP contribution is 2.24. The van der Waals surface area contributed by atoms with Crippen LogP contribution in [0.1, 0.15) is 70.6 Å². The molecule has 0 saturated heterocycles. The first-order valence-corrected chi connectivity index (χ1v) is 10.2. The molecule has 0 fully saturated rings. The molecule has 4 aliphatic rings. The maximum Gasteiger partial charge on any atom is -0.00884 e. The maximum absolute atomic E-state index is 2.48. The van der Waals surface area contributed by atoms with Crippen LogP contribution in [0.25, 0.3) is 0 Å². The molecule has 0 spiro atoms. The van der Waals surface area contributed by atoms with E-state index in [1.165, 1.54) is 86.5 Å². The molecular formula is C25H32. The van der Waals surface area contributed by atoms with Gasteiger partial charge in [0.05, 0.1) is 0 Å². The number of fused-ring (bicyclic) bond motifs is 3. The maximum atomic E-state index is 2.48. The highest BCUT2D eigenvalue weighted by molar-refractivity contribution is 5.48. The summed E-state index contributed by atoms with van der Waals surface area (Å²) in [7, 11) is 0. The lowest BCUT2D eigenvalue weighted by molar-refractivity contribution is 0.571. The highest BCUT2D eigenvalue weighted by Gasteiger charge is 2.05. The third-order valence-corrected chi connectivity index (χ3v) is 5.37. The first kappa shape index (κ1) is 18.0. The fraction of sp³-hybridized carbons (Fsp3) is 0.440. The molecule has 0 N–H and O–H groups in total. The van der Waals surface area contributed by atoms with Gasteiger partial charge in [-0.25, -0.2) is 0 Å². The van der Waals surface area contributed by atoms with Crippen molar-refractivity contribution in [3.8, 4) is 0 Å². The van der Waals surface area contributed by atoms with E-state index in [2.05, 4.69) is 60.8 Å². The molecule has 0 aromatic carbocycles. The Bertz CT molecular complexity index is 644. The summed E-state index contributed by atoms with van der Waals surface area (Å²) >= 11 is 0. The van der Waals surface area contributed by atoms with Gasteiger partial charge in [-0.15, -0.1) is 0 Å². The van der Waals surface area contributed by atoms with Crippen LogP contribution in [-0.4, -0.2) is 0 Å². The van der Waals surface area contributed by atoms with Crippen molar-refractivity contribution >= 4 is 0 Å². The minimum atomic E-state index is 1.04. The van der Waals surface area contributed by atoms with Crippen molar-refractivity contribution in [3.63, 3.8) is 0 Å². The van der Waals surface area contributed by atoms with Crippen LogP contribution in [-0.2, 0) is 0 Å². The molecule has 0 heteroatoms. The summed E-state index contributed by atoms with van der Waals surface area (Å²) in [6.07, 6.45) is 37.5. The van der Waals surface area contributed by atoms with Crippen molar-refractivity contribution in [2.75, 3.05) is 0 Å². The van der Waals surface area contributed by atoms with Crippen LogP contribution in [0, 0.1) is 0 Å². The predicted molar refractivity (Wildman–Crippen MR) is 111 cm³/mol. The quantitative estimate of drug-likeness (QED) is 0.426. The first-order chi connectivity index (χ1) is 12.4. The Kier molecular flexibility index (Phi) is 7.36. The zero-order chi connectivity index (χ0) is 17.2. The van der Waals surface area contributed by atoms with Crippen LogP contribution in [0.3, 0.4) is 0 Å². The first-order valence-electron chi connectivity index (χ1n) is 10.2. The summed E-state index contributed by atoms with van der Waals surface area (Å²) in [5.74, 6) is 0. The van der Waals surface area contributed by atoms with Gasteiger partial charge in [-0.2, -0.15) is 0 Å². The highest BCUT2D eigenvalue weighted by atomic mass is 14.1. The van der Waals surface area contributed by atoms with E-state index in [4.69, 9.17) is 0 Å². The summed E-state index contributed by atoms with van der Waals surface area (Å²) in [5.41, 5.74) is 5.67. The van der Waals surface area contributed by atoms with Gasteiger partial charge in [-0.1, -0.05) is 99.3 Å². The Labute approximate surface area is 154 Å². The van der Waals surface area contributed by atoms with Crippen LogP contribution in [0.2, 0.25) is 0 Å². The lowest BCUT2D eigenvalue weighted by atomic mass is 9.95. The van der Waals surface area contributed by atoms with Gasteiger partial charge < -0.3 is 0 Å². The number of allylic oxidation sites excluding steroid dienone is 14. The Hall–Kier alpha value is -1.82. The third kappa shape index (κ3) is 6.20. The van der Waals surface area contributed by atoms with E-state index >= 15 is 0 Å². The van der Waals surface area contributed by atoms with Crippen LogP contribution in [0.5, 0.6) is 0 Å². The second-order valence-electron chi connectivity index (χ2n) is 7.42. The van der Waals surface area contributed by atoms with E-state index in [1.807, 2.05) is 0 Å². The fourth-order valence-electron chi connectivity index (χ4n) is 3.78. The molecule has 0 aromatic heterocycles. The van der Waals surface area contributed by atoms with Crippen molar-refractivity contribution in [1.82, 2.24) is 0 Å². The van der Waals surface area contributed by atoms with E-state index < -0.39 is 0 Å². The van der Waals surface area contributed by atoms with Crippen molar-refractivity contribution in [2.45, 2.75) is 70.6 Å². The molecule has 0 radical (unpaired) electrons. The third-order valence-electron chi connectivity index (χ3n) is 5.37. The SMILES string of the molecule is C1=C/C2=C/C=C/C3=CCCCCCCCCCCC3=C/C=C\C1=CC2. The molecule has 0 heterocycles. The monoisotopic (exact) mass is 332 g/mol. The van der Waals surface area contributed by atoms with Crippen molar-refractivity contribution in [2.24, 2.45) is 0 Å². The molecule has 2 bridgehead atoms. The fourth-order valence-corrected chi connectivity index (χ4v) is 3.78. The van der Waals surface area contributed by atoms with Crippen LogP contribution < -0.4 is 0 Å². The minimum Gasteiger partial charge on any atom is -0.0770 e. The summed E-state index contributed by atoms with van der Waals surface area (Å²) < 4.78 is 0.